The van der Waals surface area contributed by atoms with Crippen molar-refractivity contribution >= 4 is 22.9 Å². The van der Waals surface area contributed by atoms with Gasteiger partial charge in [0.1, 0.15) is 0 Å². The fourth-order valence-electron chi connectivity index (χ4n) is 0.909. The Morgan fingerprint density at radius 3 is 3.00 bits per heavy atom. The van der Waals surface area contributed by atoms with Gasteiger partial charge in [-0.3, -0.25) is 0 Å². The van der Waals surface area contributed by atoms with Crippen molar-refractivity contribution in [1.29, 1.82) is 0 Å². The molecule has 1 aromatic rings. The molecule has 1 heterocycles. The highest BCUT2D eigenvalue weighted by Gasteiger charge is 2.06. The van der Waals surface area contributed by atoms with E-state index in [2.05, 4.69) is 11.9 Å². The standard InChI is InChI=1S/C8H12ClNS/c1-2-7(6-9)5-8-10-3-4-11-8/h3-4,7H,2,5-6H2,1H3. The number of nitrogens with zero attached hydrogens (tertiary/aromatic N) is 1. The van der Waals surface area contributed by atoms with Crippen LogP contribution < -0.4 is 0 Å². The van der Waals surface area contributed by atoms with Crippen LogP contribution in [-0.4, -0.2) is 10.9 Å². The first-order valence-electron chi connectivity index (χ1n) is 3.81. The molecule has 1 rings (SSSR count). The molecule has 1 atom stereocenters. The number of thiazole rings is 1. The molecule has 0 aliphatic carbocycles. The number of hydrogen-bond donors (Lipinski definition) is 0. The molecule has 1 aromatic heterocycles. The van der Waals surface area contributed by atoms with Crippen molar-refractivity contribution in [2.75, 3.05) is 5.88 Å². The fourth-order valence-corrected chi connectivity index (χ4v) is 1.97. The van der Waals surface area contributed by atoms with E-state index in [9.17, 15) is 0 Å². The van der Waals surface area contributed by atoms with Gasteiger partial charge in [-0.05, 0) is 5.92 Å². The molecule has 0 aromatic carbocycles. The van der Waals surface area contributed by atoms with Gasteiger partial charge in [0.25, 0.3) is 0 Å². The second-order valence-electron chi connectivity index (χ2n) is 2.56. The van der Waals surface area contributed by atoms with E-state index >= 15 is 0 Å². The summed E-state index contributed by atoms with van der Waals surface area (Å²) in [5.41, 5.74) is 0. The lowest BCUT2D eigenvalue weighted by Crippen LogP contribution is -2.04. The first-order valence-corrected chi connectivity index (χ1v) is 5.22. The van der Waals surface area contributed by atoms with E-state index in [-0.39, 0.29) is 0 Å². The molecule has 0 bridgehead atoms. The van der Waals surface area contributed by atoms with E-state index in [4.69, 9.17) is 11.6 Å². The Hall–Kier alpha value is -0.0800. The molecular weight excluding hydrogens is 178 g/mol. The lowest BCUT2D eigenvalue weighted by atomic mass is 10.1. The minimum atomic E-state index is 0.600. The molecule has 0 aliphatic heterocycles. The van der Waals surface area contributed by atoms with E-state index in [0.29, 0.717) is 5.92 Å². The third-order valence-corrected chi connectivity index (χ3v) is 2.98. The van der Waals surface area contributed by atoms with Gasteiger partial charge in [0.05, 0.1) is 5.01 Å². The highest BCUT2D eigenvalue weighted by molar-refractivity contribution is 7.09. The van der Waals surface area contributed by atoms with Gasteiger partial charge in [0.2, 0.25) is 0 Å². The molecule has 0 amide bonds. The largest absolute Gasteiger partial charge is 0.250 e. The second kappa shape index (κ2) is 4.73. The van der Waals surface area contributed by atoms with Crippen LogP contribution in [0.2, 0.25) is 0 Å². The van der Waals surface area contributed by atoms with Gasteiger partial charge in [-0.1, -0.05) is 13.3 Å². The summed E-state index contributed by atoms with van der Waals surface area (Å²) in [7, 11) is 0. The van der Waals surface area contributed by atoms with Crippen LogP contribution in [0.4, 0.5) is 0 Å². The highest BCUT2D eigenvalue weighted by Crippen LogP contribution is 2.15. The van der Waals surface area contributed by atoms with Gasteiger partial charge < -0.3 is 0 Å². The summed E-state index contributed by atoms with van der Waals surface area (Å²) >= 11 is 7.47. The van der Waals surface area contributed by atoms with E-state index in [0.717, 1.165) is 18.7 Å². The molecule has 0 spiro atoms. The van der Waals surface area contributed by atoms with Gasteiger partial charge in [0, 0.05) is 23.9 Å². The maximum Gasteiger partial charge on any atom is 0.0927 e. The van der Waals surface area contributed by atoms with Gasteiger partial charge in [-0.2, -0.15) is 0 Å². The zero-order chi connectivity index (χ0) is 8.10. The van der Waals surface area contributed by atoms with Gasteiger partial charge in [0.15, 0.2) is 0 Å². The number of rotatable bonds is 4. The Morgan fingerprint density at radius 1 is 1.73 bits per heavy atom. The van der Waals surface area contributed by atoms with Gasteiger partial charge in [-0.15, -0.1) is 22.9 Å². The lowest BCUT2D eigenvalue weighted by Gasteiger charge is -2.07. The molecule has 3 heteroatoms. The van der Waals surface area contributed by atoms with Crippen molar-refractivity contribution in [3.05, 3.63) is 16.6 Å². The maximum atomic E-state index is 5.76. The third-order valence-electron chi connectivity index (χ3n) is 1.74. The predicted molar refractivity (Wildman–Crippen MR) is 50.3 cm³/mol. The average Bonchev–Trinajstić information content (AvgIpc) is 2.52. The maximum absolute atomic E-state index is 5.76. The van der Waals surface area contributed by atoms with E-state index in [1.165, 1.54) is 5.01 Å². The smallest absolute Gasteiger partial charge is 0.0927 e. The second-order valence-corrected chi connectivity index (χ2v) is 3.85. The Bertz CT molecular complexity index is 182. The summed E-state index contributed by atoms with van der Waals surface area (Å²) in [4.78, 5) is 4.21. The minimum Gasteiger partial charge on any atom is -0.250 e. The first kappa shape index (κ1) is 9.01. The summed E-state index contributed by atoms with van der Waals surface area (Å²) in [6.45, 7) is 2.17. The molecule has 0 fully saturated rings. The van der Waals surface area contributed by atoms with E-state index < -0.39 is 0 Å². The van der Waals surface area contributed by atoms with Crippen molar-refractivity contribution < 1.29 is 0 Å². The first-order chi connectivity index (χ1) is 5.36. The Kier molecular flexibility index (Phi) is 3.87. The highest BCUT2D eigenvalue weighted by atomic mass is 35.5. The monoisotopic (exact) mass is 189 g/mol. The van der Waals surface area contributed by atoms with Gasteiger partial charge in [-0.25, -0.2) is 4.98 Å². The molecule has 0 aliphatic rings. The molecule has 1 unspecified atom stereocenters. The minimum absolute atomic E-state index is 0.600. The summed E-state index contributed by atoms with van der Waals surface area (Å²) in [6.07, 6.45) is 4.03. The number of halogens is 1. The van der Waals surface area contributed by atoms with Crippen molar-refractivity contribution in [3.8, 4) is 0 Å². The van der Waals surface area contributed by atoms with Crippen molar-refractivity contribution in [3.63, 3.8) is 0 Å². The normalized spacial score (nSPS) is 13.3. The molecular formula is C8H12ClNS. The van der Waals surface area contributed by atoms with Crippen molar-refractivity contribution in [2.24, 2.45) is 5.92 Å². The van der Waals surface area contributed by atoms with Crippen LogP contribution in [0.25, 0.3) is 0 Å². The van der Waals surface area contributed by atoms with Crippen LogP contribution in [0.15, 0.2) is 11.6 Å². The summed E-state index contributed by atoms with van der Waals surface area (Å²) in [6, 6.07) is 0. The average molecular weight is 190 g/mol. The van der Waals surface area contributed by atoms with Crippen LogP contribution in [0.3, 0.4) is 0 Å². The van der Waals surface area contributed by atoms with Crippen LogP contribution in [0.1, 0.15) is 18.4 Å². The quantitative estimate of drug-likeness (QED) is 0.664. The zero-order valence-corrected chi connectivity index (χ0v) is 8.16. The fraction of sp³-hybridized carbons (Fsp3) is 0.625. The molecule has 1 nitrogen and oxygen atoms in total. The molecule has 0 saturated heterocycles. The number of alkyl halides is 1. The summed E-state index contributed by atoms with van der Waals surface area (Å²) in [5.74, 6) is 1.35. The summed E-state index contributed by atoms with van der Waals surface area (Å²) in [5, 5.41) is 3.22. The molecule has 0 saturated carbocycles. The Labute approximate surface area is 76.4 Å². The SMILES string of the molecule is CCC(CCl)Cc1nccs1. The third kappa shape index (κ3) is 2.80. The topological polar surface area (TPSA) is 12.9 Å². The molecule has 11 heavy (non-hydrogen) atoms. The van der Waals surface area contributed by atoms with E-state index in [1.54, 1.807) is 11.3 Å². The van der Waals surface area contributed by atoms with Crippen molar-refractivity contribution in [1.82, 2.24) is 4.98 Å². The Morgan fingerprint density at radius 2 is 2.55 bits per heavy atom. The summed E-state index contributed by atoms with van der Waals surface area (Å²) < 4.78 is 0. The van der Waals surface area contributed by atoms with Crippen LogP contribution in [-0.2, 0) is 6.42 Å². The number of hydrogen-bond acceptors (Lipinski definition) is 2. The zero-order valence-electron chi connectivity index (χ0n) is 6.59. The van der Waals surface area contributed by atoms with Crippen LogP contribution in [0, 0.1) is 5.92 Å². The number of aromatic nitrogens is 1. The predicted octanol–water partition coefficient (Wildman–Crippen LogP) is 2.95. The van der Waals surface area contributed by atoms with Crippen LogP contribution in [0.5, 0.6) is 0 Å². The molecule has 0 radical (unpaired) electrons. The Balaban J connectivity index is 2.41. The van der Waals surface area contributed by atoms with E-state index in [1.807, 2.05) is 11.6 Å². The van der Waals surface area contributed by atoms with Crippen LogP contribution >= 0.6 is 22.9 Å². The van der Waals surface area contributed by atoms with Crippen molar-refractivity contribution in [2.45, 2.75) is 19.8 Å². The lowest BCUT2D eigenvalue weighted by molar-refractivity contribution is 0.565. The molecule has 62 valence electrons. The van der Waals surface area contributed by atoms with Gasteiger partial charge >= 0.3 is 0 Å². The molecule has 0 N–H and O–H groups in total.